The highest BCUT2D eigenvalue weighted by atomic mass is 18.2. The molecule has 0 aromatic carbocycles. The summed E-state index contributed by atoms with van der Waals surface area (Å²) < 4.78 is 23.5. The Balaban J connectivity index is 2.18. The fourth-order valence-electron chi connectivity index (χ4n) is 2.33. The van der Waals surface area contributed by atoms with Crippen LogP contribution in [0, 0.1) is 0 Å². The number of hydrogen-bond donors (Lipinski definition) is 0. The number of alkyl halides is 1. The lowest BCUT2D eigenvalue weighted by Gasteiger charge is -2.36. The first kappa shape index (κ1) is 14.9. The summed E-state index contributed by atoms with van der Waals surface area (Å²) >= 11 is 0. The van der Waals surface area contributed by atoms with E-state index in [4.69, 9.17) is 9.47 Å². The van der Waals surface area contributed by atoms with Gasteiger partial charge in [-0.2, -0.15) is 0 Å². The van der Waals surface area contributed by atoms with Gasteiger partial charge in [-0.3, -0.25) is 4.39 Å². The van der Waals surface area contributed by atoms with Crippen LogP contribution in [0.2, 0.25) is 0 Å². The Morgan fingerprint density at radius 3 is 2.47 bits per heavy atom. The molecule has 0 aliphatic heterocycles. The number of hydrogen-bond acceptors (Lipinski definition) is 3. The van der Waals surface area contributed by atoms with E-state index >= 15 is 0 Å². The Hall–Kier alpha value is -0.190. The third-order valence-corrected chi connectivity index (χ3v) is 3.50. The molecule has 1 aliphatic rings. The molecular weight excluding hydrogens is 220 g/mol. The molecule has 3 nitrogen and oxygen atoms in total. The molecule has 0 N–H and O–H groups in total. The molecule has 0 radical (unpaired) electrons. The predicted octanol–water partition coefficient (Wildman–Crippen LogP) is 2.60. The van der Waals surface area contributed by atoms with E-state index < -0.39 is 0 Å². The number of rotatable bonds is 8. The van der Waals surface area contributed by atoms with Gasteiger partial charge in [0.25, 0.3) is 0 Å². The lowest BCUT2D eigenvalue weighted by molar-refractivity contribution is -0.239. The van der Waals surface area contributed by atoms with Crippen LogP contribution in [-0.4, -0.2) is 51.2 Å². The fourth-order valence-corrected chi connectivity index (χ4v) is 2.33. The smallest absolute Gasteiger partial charge is 0.167 e. The van der Waals surface area contributed by atoms with Gasteiger partial charge in [-0.05, 0) is 26.3 Å². The van der Waals surface area contributed by atoms with Crippen LogP contribution in [0.15, 0.2) is 0 Å². The topological polar surface area (TPSA) is 21.7 Å². The first-order valence-electron chi connectivity index (χ1n) is 6.66. The van der Waals surface area contributed by atoms with Crippen LogP contribution in [0.25, 0.3) is 0 Å². The van der Waals surface area contributed by atoms with Crippen LogP contribution < -0.4 is 0 Å². The van der Waals surface area contributed by atoms with E-state index in [1.807, 2.05) is 7.05 Å². The number of halogens is 1. The first-order valence-corrected chi connectivity index (χ1v) is 6.66. The maximum Gasteiger partial charge on any atom is 0.167 e. The van der Waals surface area contributed by atoms with Crippen molar-refractivity contribution in [1.82, 2.24) is 4.90 Å². The van der Waals surface area contributed by atoms with Gasteiger partial charge in [-0.15, -0.1) is 0 Å². The van der Waals surface area contributed by atoms with Crippen LogP contribution in [0.5, 0.6) is 0 Å². The van der Waals surface area contributed by atoms with Crippen molar-refractivity contribution in [3.8, 4) is 0 Å². The first-order chi connectivity index (χ1) is 8.22. The van der Waals surface area contributed by atoms with Crippen molar-refractivity contribution in [3.63, 3.8) is 0 Å². The Morgan fingerprint density at radius 1 is 1.18 bits per heavy atom. The molecule has 0 atom stereocenters. The summed E-state index contributed by atoms with van der Waals surface area (Å²) in [5.41, 5.74) is 0. The van der Waals surface area contributed by atoms with E-state index in [0.29, 0.717) is 13.0 Å². The quantitative estimate of drug-likeness (QED) is 0.614. The third-order valence-electron chi connectivity index (χ3n) is 3.50. The second kappa shape index (κ2) is 8.01. The van der Waals surface area contributed by atoms with Crippen LogP contribution in [0.1, 0.15) is 38.5 Å². The van der Waals surface area contributed by atoms with E-state index in [0.717, 1.165) is 25.9 Å². The monoisotopic (exact) mass is 246 g/mol. The highest BCUT2D eigenvalue weighted by Gasteiger charge is 2.32. The van der Waals surface area contributed by atoms with Crippen molar-refractivity contribution in [2.75, 3.05) is 40.5 Å². The van der Waals surface area contributed by atoms with E-state index in [-0.39, 0.29) is 12.5 Å². The van der Waals surface area contributed by atoms with Gasteiger partial charge in [0.15, 0.2) is 5.79 Å². The van der Waals surface area contributed by atoms with Gasteiger partial charge in [0.2, 0.25) is 0 Å². The van der Waals surface area contributed by atoms with Crippen molar-refractivity contribution in [3.05, 3.63) is 0 Å². The molecular formula is C13H26FNO2. The van der Waals surface area contributed by atoms with Gasteiger partial charge in [0.1, 0.15) is 0 Å². The third kappa shape index (κ3) is 5.32. The number of nitrogens with zero attached hydrogens (tertiary/aromatic N) is 1. The average molecular weight is 246 g/mol. The molecule has 0 amide bonds. The predicted molar refractivity (Wildman–Crippen MR) is 66.9 cm³/mol. The summed E-state index contributed by atoms with van der Waals surface area (Å²) in [4.78, 5) is 2.10. The Labute approximate surface area is 104 Å². The molecule has 4 heteroatoms. The molecule has 0 saturated heterocycles. The standard InChI is InChI=1S/C13H26FNO2/c1-15(10-6-9-14)11-12-17-13(16-2)7-4-3-5-8-13/h3-12H2,1-2H3/i14-1. The van der Waals surface area contributed by atoms with Crippen LogP contribution in [-0.2, 0) is 9.47 Å². The molecule has 0 aromatic heterocycles. The average Bonchev–Trinajstić information content (AvgIpc) is 2.37. The molecule has 0 spiro atoms. The van der Waals surface area contributed by atoms with Crippen molar-refractivity contribution in [2.45, 2.75) is 44.3 Å². The normalized spacial score (nSPS) is 19.8. The van der Waals surface area contributed by atoms with Gasteiger partial charge < -0.3 is 14.4 Å². The van der Waals surface area contributed by atoms with Gasteiger partial charge in [-0.25, -0.2) is 0 Å². The van der Waals surface area contributed by atoms with Crippen molar-refractivity contribution in [2.24, 2.45) is 0 Å². The van der Waals surface area contributed by atoms with Gasteiger partial charge in [0.05, 0.1) is 13.3 Å². The van der Waals surface area contributed by atoms with E-state index in [2.05, 4.69) is 4.90 Å². The number of ether oxygens (including phenoxy) is 2. The van der Waals surface area contributed by atoms with E-state index in [1.54, 1.807) is 7.11 Å². The molecule has 17 heavy (non-hydrogen) atoms. The molecule has 0 heterocycles. The summed E-state index contributed by atoms with van der Waals surface area (Å²) in [7, 11) is 3.73. The van der Waals surface area contributed by atoms with E-state index in [1.165, 1.54) is 19.3 Å². The molecule has 0 aromatic rings. The van der Waals surface area contributed by atoms with Crippen molar-refractivity contribution in [1.29, 1.82) is 0 Å². The van der Waals surface area contributed by atoms with Crippen LogP contribution in [0.3, 0.4) is 0 Å². The minimum atomic E-state index is -0.348. The zero-order chi connectivity index (χ0) is 12.6. The second-order valence-electron chi connectivity index (χ2n) is 4.87. The largest absolute Gasteiger partial charge is 0.353 e. The van der Waals surface area contributed by atoms with Crippen LogP contribution in [0.4, 0.5) is 4.39 Å². The van der Waals surface area contributed by atoms with Crippen molar-refractivity contribution < 1.29 is 13.9 Å². The fraction of sp³-hybridized carbons (Fsp3) is 1.00. The maximum atomic E-state index is 12.0. The zero-order valence-electron chi connectivity index (χ0n) is 11.2. The second-order valence-corrected chi connectivity index (χ2v) is 4.87. The molecule has 1 saturated carbocycles. The van der Waals surface area contributed by atoms with Gasteiger partial charge in [0, 0.05) is 33.0 Å². The van der Waals surface area contributed by atoms with Gasteiger partial charge >= 0.3 is 0 Å². The molecule has 102 valence electrons. The summed E-state index contributed by atoms with van der Waals surface area (Å²) in [5, 5.41) is 0. The highest BCUT2D eigenvalue weighted by molar-refractivity contribution is 4.75. The minimum Gasteiger partial charge on any atom is -0.353 e. The van der Waals surface area contributed by atoms with E-state index in [9.17, 15) is 4.39 Å². The zero-order valence-corrected chi connectivity index (χ0v) is 11.2. The SMILES string of the molecule is COC1(OCCN(C)CCC[18F])CCCCC1. The molecule has 1 rings (SSSR count). The minimum absolute atomic E-state index is 0.243. The Morgan fingerprint density at radius 2 is 1.88 bits per heavy atom. The Bertz CT molecular complexity index is 196. The Kier molecular flexibility index (Phi) is 7.00. The maximum absolute atomic E-state index is 12.0. The summed E-state index contributed by atoms with van der Waals surface area (Å²) in [5.74, 6) is -0.348. The summed E-state index contributed by atoms with van der Waals surface area (Å²) in [6.45, 7) is 2.05. The van der Waals surface area contributed by atoms with Crippen LogP contribution >= 0.6 is 0 Å². The van der Waals surface area contributed by atoms with Crippen molar-refractivity contribution >= 4 is 0 Å². The molecule has 0 unspecified atom stereocenters. The molecule has 0 bridgehead atoms. The summed E-state index contributed by atoms with van der Waals surface area (Å²) in [6.07, 6.45) is 6.25. The van der Waals surface area contributed by atoms with Gasteiger partial charge in [-0.1, -0.05) is 6.42 Å². The highest BCUT2D eigenvalue weighted by Crippen LogP contribution is 2.31. The molecule has 1 fully saturated rings. The number of methoxy groups -OCH3 is 1. The summed E-state index contributed by atoms with van der Waals surface area (Å²) in [6, 6.07) is 0. The lowest BCUT2D eigenvalue weighted by atomic mass is 9.94. The lowest BCUT2D eigenvalue weighted by Crippen LogP contribution is -2.39. The molecule has 1 aliphatic carbocycles. The number of likely N-dealkylation sites (N-methyl/N-ethyl adjacent to an activating group) is 1.